The fourth-order valence-corrected chi connectivity index (χ4v) is 1.67. The standard InChI is InChI=1S/C9H15ClN2S/c1-6(2)7(3)4-11-9-12-8(10)5-13-9/h5-7H,4H2,1-3H3,(H,11,12). The molecule has 1 unspecified atom stereocenters. The maximum Gasteiger partial charge on any atom is 0.184 e. The first-order valence-electron chi connectivity index (χ1n) is 4.44. The third kappa shape index (κ3) is 3.53. The van der Waals surface area contributed by atoms with Crippen molar-refractivity contribution in [1.29, 1.82) is 0 Å². The van der Waals surface area contributed by atoms with Crippen LogP contribution in [-0.2, 0) is 0 Å². The predicted molar refractivity (Wildman–Crippen MR) is 59.6 cm³/mol. The number of thiazole rings is 1. The largest absolute Gasteiger partial charge is 0.361 e. The van der Waals surface area contributed by atoms with Crippen LogP contribution in [0.4, 0.5) is 5.13 Å². The zero-order valence-electron chi connectivity index (χ0n) is 8.17. The van der Waals surface area contributed by atoms with E-state index in [4.69, 9.17) is 11.6 Å². The summed E-state index contributed by atoms with van der Waals surface area (Å²) in [7, 11) is 0. The zero-order chi connectivity index (χ0) is 9.84. The van der Waals surface area contributed by atoms with E-state index in [9.17, 15) is 0 Å². The lowest BCUT2D eigenvalue weighted by Gasteiger charge is -2.15. The Kier molecular flexibility index (Phi) is 4.00. The monoisotopic (exact) mass is 218 g/mol. The average Bonchev–Trinajstić information content (AvgIpc) is 2.47. The van der Waals surface area contributed by atoms with Gasteiger partial charge >= 0.3 is 0 Å². The van der Waals surface area contributed by atoms with E-state index >= 15 is 0 Å². The maximum atomic E-state index is 5.70. The number of halogens is 1. The molecule has 0 aromatic carbocycles. The van der Waals surface area contributed by atoms with Crippen LogP contribution in [0.2, 0.25) is 5.15 Å². The Morgan fingerprint density at radius 2 is 2.23 bits per heavy atom. The van der Waals surface area contributed by atoms with Crippen LogP contribution in [-0.4, -0.2) is 11.5 Å². The first-order valence-corrected chi connectivity index (χ1v) is 5.70. The van der Waals surface area contributed by atoms with Crippen LogP contribution in [0.15, 0.2) is 5.38 Å². The van der Waals surface area contributed by atoms with Gasteiger partial charge in [0, 0.05) is 11.9 Å². The molecular formula is C9H15ClN2S. The summed E-state index contributed by atoms with van der Waals surface area (Å²) in [6.07, 6.45) is 0. The molecule has 0 aliphatic carbocycles. The molecular weight excluding hydrogens is 204 g/mol. The lowest BCUT2D eigenvalue weighted by Crippen LogP contribution is -2.15. The Bertz CT molecular complexity index is 260. The summed E-state index contributed by atoms with van der Waals surface area (Å²) in [5, 5.41) is 6.59. The molecule has 0 aliphatic heterocycles. The molecule has 0 fully saturated rings. The van der Waals surface area contributed by atoms with Crippen molar-refractivity contribution in [2.45, 2.75) is 20.8 Å². The number of rotatable bonds is 4. The fraction of sp³-hybridized carbons (Fsp3) is 0.667. The van der Waals surface area contributed by atoms with E-state index in [-0.39, 0.29) is 0 Å². The van der Waals surface area contributed by atoms with Gasteiger partial charge in [-0.3, -0.25) is 0 Å². The van der Waals surface area contributed by atoms with Crippen molar-refractivity contribution >= 4 is 28.1 Å². The van der Waals surface area contributed by atoms with E-state index in [1.54, 1.807) is 11.3 Å². The van der Waals surface area contributed by atoms with Gasteiger partial charge < -0.3 is 5.32 Å². The summed E-state index contributed by atoms with van der Waals surface area (Å²) in [6.45, 7) is 7.64. The van der Waals surface area contributed by atoms with Crippen molar-refractivity contribution in [2.24, 2.45) is 11.8 Å². The molecule has 1 aromatic heterocycles. The van der Waals surface area contributed by atoms with Crippen molar-refractivity contribution in [3.05, 3.63) is 10.5 Å². The predicted octanol–water partition coefficient (Wildman–Crippen LogP) is 3.50. The molecule has 2 nitrogen and oxygen atoms in total. The highest BCUT2D eigenvalue weighted by atomic mass is 35.5. The van der Waals surface area contributed by atoms with Crippen molar-refractivity contribution in [3.63, 3.8) is 0 Å². The van der Waals surface area contributed by atoms with E-state index in [0.717, 1.165) is 11.7 Å². The molecule has 0 radical (unpaired) electrons. The minimum atomic E-state index is 0.574. The minimum absolute atomic E-state index is 0.574. The molecule has 0 bridgehead atoms. The number of hydrogen-bond donors (Lipinski definition) is 1. The molecule has 4 heteroatoms. The Hall–Kier alpha value is -0.280. The number of hydrogen-bond acceptors (Lipinski definition) is 3. The number of aromatic nitrogens is 1. The molecule has 0 aliphatic rings. The summed E-state index contributed by atoms with van der Waals surface area (Å²) in [5.74, 6) is 1.35. The van der Waals surface area contributed by atoms with Crippen molar-refractivity contribution in [3.8, 4) is 0 Å². The third-order valence-electron chi connectivity index (χ3n) is 2.19. The first kappa shape index (κ1) is 10.8. The van der Waals surface area contributed by atoms with Crippen molar-refractivity contribution < 1.29 is 0 Å². The van der Waals surface area contributed by atoms with Crippen LogP contribution in [0.3, 0.4) is 0 Å². The van der Waals surface area contributed by atoms with Crippen LogP contribution in [0.1, 0.15) is 20.8 Å². The topological polar surface area (TPSA) is 24.9 Å². The van der Waals surface area contributed by atoms with Crippen LogP contribution in [0.5, 0.6) is 0 Å². The number of nitrogens with zero attached hydrogens (tertiary/aromatic N) is 1. The molecule has 0 spiro atoms. The zero-order valence-corrected chi connectivity index (χ0v) is 9.75. The highest BCUT2D eigenvalue weighted by molar-refractivity contribution is 7.14. The molecule has 1 atom stereocenters. The van der Waals surface area contributed by atoms with Gasteiger partial charge in [-0.1, -0.05) is 32.4 Å². The quantitative estimate of drug-likeness (QED) is 0.837. The van der Waals surface area contributed by atoms with Gasteiger partial charge in [0.2, 0.25) is 0 Å². The second-order valence-electron chi connectivity index (χ2n) is 3.58. The lowest BCUT2D eigenvalue weighted by molar-refractivity contribution is 0.439. The van der Waals surface area contributed by atoms with E-state index in [2.05, 4.69) is 31.1 Å². The van der Waals surface area contributed by atoms with Gasteiger partial charge in [0.1, 0.15) is 5.15 Å². The Morgan fingerprint density at radius 3 is 2.69 bits per heavy atom. The van der Waals surface area contributed by atoms with Crippen LogP contribution < -0.4 is 5.32 Å². The van der Waals surface area contributed by atoms with E-state index in [1.807, 2.05) is 5.38 Å². The lowest BCUT2D eigenvalue weighted by atomic mass is 9.98. The van der Waals surface area contributed by atoms with Gasteiger partial charge in [-0.2, -0.15) is 0 Å². The highest BCUT2D eigenvalue weighted by Crippen LogP contribution is 2.19. The Balaban J connectivity index is 2.35. The average molecular weight is 219 g/mol. The molecule has 0 amide bonds. The second-order valence-corrected chi connectivity index (χ2v) is 4.82. The fourth-order valence-electron chi connectivity index (χ4n) is 0.819. The van der Waals surface area contributed by atoms with Crippen LogP contribution >= 0.6 is 22.9 Å². The van der Waals surface area contributed by atoms with Crippen LogP contribution in [0, 0.1) is 11.8 Å². The SMILES string of the molecule is CC(C)C(C)CNc1nc(Cl)cs1. The number of nitrogens with one attached hydrogen (secondary N) is 1. The summed E-state index contributed by atoms with van der Waals surface area (Å²) < 4.78 is 0. The summed E-state index contributed by atoms with van der Waals surface area (Å²) in [6, 6.07) is 0. The molecule has 13 heavy (non-hydrogen) atoms. The molecule has 1 heterocycles. The second kappa shape index (κ2) is 4.82. The van der Waals surface area contributed by atoms with Crippen molar-refractivity contribution in [2.75, 3.05) is 11.9 Å². The molecule has 74 valence electrons. The van der Waals surface area contributed by atoms with Gasteiger partial charge in [-0.15, -0.1) is 11.3 Å². The normalized spacial score (nSPS) is 13.3. The summed E-state index contributed by atoms with van der Waals surface area (Å²) in [4.78, 5) is 4.11. The van der Waals surface area contributed by atoms with E-state index < -0.39 is 0 Å². The minimum Gasteiger partial charge on any atom is -0.361 e. The van der Waals surface area contributed by atoms with Gasteiger partial charge in [-0.05, 0) is 11.8 Å². The molecule has 1 rings (SSSR count). The molecule has 0 saturated heterocycles. The van der Waals surface area contributed by atoms with E-state index in [0.29, 0.717) is 17.0 Å². The Morgan fingerprint density at radius 1 is 1.54 bits per heavy atom. The third-order valence-corrected chi connectivity index (χ3v) is 3.31. The molecule has 1 N–H and O–H groups in total. The highest BCUT2D eigenvalue weighted by Gasteiger charge is 2.07. The summed E-state index contributed by atoms with van der Waals surface area (Å²) >= 11 is 7.25. The smallest absolute Gasteiger partial charge is 0.184 e. The molecule has 1 aromatic rings. The van der Waals surface area contributed by atoms with Gasteiger partial charge in [0.05, 0.1) is 0 Å². The molecule has 0 saturated carbocycles. The van der Waals surface area contributed by atoms with Gasteiger partial charge in [0.15, 0.2) is 5.13 Å². The van der Waals surface area contributed by atoms with Crippen molar-refractivity contribution in [1.82, 2.24) is 4.98 Å². The maximum absolute atomic E-state index is 5.70. The van der Waals surface area contributed by atoms with Gasteiger partial charge in [-0.25, -0.2) is 4.98 Å². The Labute approximate surface area is 88.3 Å². The number of anilines is 1. The summed E-state index contributed by atoms with van der Waals surface area (Å²) in [5.41, 5.74) is 0. The van der Waals surface area contributed by atoms with Gasteiger partial charge in [0.25, 0.3) is 0 Å². The first-order chi connectivity index (χ1) is 6.09. The van der Waals surface area contributed by atoms with E-state index in [1.165, 1.54) is 0 Å². The van der Waals surface area contributed by atoms with Crippen LogP contribution in [0.25, 0.3) is 0 Å².